The lowest BCUT2D eigenvalue weighted by Crippen LogP contribution is -2.04. The fourth-order valence-corrected chi connectivity index (χ4v) is 4.44. The summed E-state index contributed by atoms with van der Waals surface area (Å²) in [4.78, 5) is -0.239. The normalized spacial score (nSPS) is 12.0. The average Bonchev–Trinajstić information content (AvgIpc) is 2.48. The van der Waals surface area contributed by atoms with E-state index in [9.17, 15) is 13.7 Å². The summed E-state index contributed by atoms with van der Waals surface area (Å²) in [5.74, 6) is 0. The maximum absolute atomic E-state index is 12.7. The van der Waals surface area contributed by atoms with E-state index in [0.29, 0.717) is 14.5 Å². The Kier molecular flexibility index (Phi) is 5.22. The predicted molar refractivity (Wildman–Crippen MR) is 93.8 cm³/mol. The minimum Gasteiger partial charge on any atom is -0.218 e. The van der Waals surface area contributed by atoms with Gasteiger partial charge in [-0.2, -0.15) is 5.26 Å². The summed E-state index contributed by atoms with van der Waals surface area (Å²) in [6, 6.07) is 13.9. The monoisotopic (exact) mass is 439 g/mol. The van der Waals surface area contributed by atoms with Gasteiger partial charge in [0.2, 0.25) is 9.84 Å². The van der Waals surface area contributed by atoms with Crippen molar-refractivity contribution < 1.29 is 8.42 Å². The van der Waals surface area contributed by atoms with Gasteiger partial charge in [0, 0.05) is 8.95 Å². The van der Waals surface area contributed by atoms with E-state index in [-0.39, 0.29) is 9.80 Å². The Morgan fingerprint density at radius 3 is 2.36 bits per heavy atom. The Bertz CT molecular complexity index is 879. The molecule has 2 aromatic rings. The second kappa shape index (κ2) is 6.78. The Hall–Kier alpha value is -1.42. The van der Waals surface area contributed by atoms with E-state index in [0.717, 1.165) is 5.56 Å². The van der Waals surface area contributed by atoms with Crippen LogP contribution in [0.2, 0.25) is 0 Å². The van der Waals surface area contributed by atoms with Gasteiger partial charge < -0.3 is 0 Å². The molecule has 0 aromatic heterocycles. The van der Waals surface area contributed by atoms with Crippen LogP contribution in [0.4, 0.5) is 0 Å². The van der Waals surface area contributed by atoms with Gasteiger partial charge in [0.05, 0.1) is 4.90 Å². The van der Waals surface area contributed by atoms with Crippen molar-refractivity contribution in [3.05, 3.63) is 67.4 Å². The molecule has 22 heavy (non-hydrogen) atoms. The summed E-state index contributed by atoms with van der Waals surface area (Å²) in [6.45, 7) is 1.94. The maximum Gasteiger partial charge on any atom is 0.217 e. The maximum atomic E-state index is 12.7. The largest absolute Gasteiger partial charge is 0.218 e. The second-order valence-electron chi connectivity index (χ2n) is 4.61. The minimum absolute atomic E-state index is 0.0572. The molecule has 0 fully saturated rings. The predicted octanol–water partition coefficient (Wildman–Crippen LogP) is 4.86. The zero-order chi connectivity index (χ0) is 16.3. The van der Waals surface area contributed by atoms with E-state index in [2.05, 4.69) is 31.9 Å². The van der Waals surface area contributed by atoms with E-state index in [1.54, 1.807) is 30.3 Å². The smallest absolute Gasteiger partial charge is 0.217 e. The average molecular weight is 441 g/mol. The van der Waals surface area contributed by atoms with Crippen LogP contribution in [0.3, 0.4) is 0 Å². The molecule has 3 nitrogen and oxygen atoms in total. The molecular formula is C16H11Br2NO2S. The van der Waals surface area contributed by atoms with Crippen LogP contribution < -0.4 is 0 Å². The van der Waals surface area contributed by atoms with Crippen LogP contribution in [-0.2, 0) is 9.84 Å². The number of nitrogens with zero attached hydrogens (tertiary/aromatic N) is 1. The SMILES string of the molecule is Cc1ccc(/C=C(\C#N)S(=O)(=O)c2cc(Br)ccc2Br)cc1. The van der Waals surface area contributed by atoms with E-state index in [1.807, 2.05) is 19.1 Å². The molecule has 0 atom stereocenters. The minimum atomic E-state index is -3.89. The quantitative estimate of drug-likeness (QED) is 0.640. The number of hydrogen-bond donors (Lipinski definition) is 0. The van der Waals surface area contributed by atoms with Gasteiger partial charge >= 0.3 is 0 Å². The van der Waals surface area contributed by atoms with Crippen molar-refractivity contribution in [3.63, 3.8) is 0 Å². The van der Waals surface area contributed by atoms with Crippen LogP contribution in [0.25, 0.3) is 6.08 Å². The third-order valence-electron chi connectivity index (χ3n) is 2.96. The Morgan fingerprint density at radius 1 is 1.14 bits per heavy atom. The van der Waals surface area contributed by atoms with Gasteiger partial charge in [-0.05, 0) is 52.7 Å². The van der Waals surface area contributed by atoms with Crippen LogP contribution >= 0.6 is 31.9 Å². The lowest BCUT2D eigenvalue weighted by Gasteiger charge is -2.06. The molecule has 0 saturated carbocycles. The highest BCUT2D eigenvalue weighted by Gasteiger charge is 2.23. The number of allylic oxidation sites excluding steroid dienone is 1. The molecule has 0 saturated heterocycles. The van der Waals surface area contributed by atoms with Crippen LogP contribution in [0, 0.1) is 18.3 Å². The molecule has 0 spiro atoms. The van der Waals surface area contributed by atoms with Crippen LogP contribution in [0.15, 0.2) is 61.2 Å². The zero-order valence-electron chi connectivity index (χ0n) is 11.5. The van der Waals surface area contributed by atoms with Gasteiger partial charge in [-0.25, -0.2) is 8.42 Å². The molecule has 0 unspecified atom stereocenters. The first kappa shape index (κ1) is 16.9. The molecular weight excluding hydrogens is 430 g/mol. The van der Waals surface area contributed by atoms with Gasteiger partial charge in [0.15, 0.2) is 0 Å². The summed E-state index contributed by atoms with van der Waals surface area (Å²) in [5.41, 5.74) is 1.73. The number of rotatable bonds is 3. The third kappa shape index (κ3) is 3.67. The van der Waals surface area contributed by atoms with Gasteiger partial charge in [0.25, 0.3) is 0 Å². The summed E-state index contributed by atoms with van der Waals surface area (Å²) < 4.78 is 26.4. The van der Waals surface area contributed by atoms with Crippen molar-refractivity contribution in [1.29, 1.82) is 5.26 Å². The van der Waals surface area contributed by atoms with Crippen molar-refractivity contribution in [2.75, 3.05) is 0 Å². The van der Waals surface area contributed by atoms with E-state index in [4.69, 9.17) is 0 Å². The standard InChI is InChI=1S/C16H11Br2NO2S/c1-11-2-4-12(5-3-11)8-14(10-19)22(20,21)16-9-13(17)6-7-15(16)18/h2-9H,1H3/b14-8+. The van der Waals surface area contributed by atoms with Gasteiger partial charge in [0.1, 0.15) is 11.0 Å². The molecule has 0 aliphatic rings. The molecule has 2 aromatic carbocycles. The van der Waals surface area contributed by atoms with Crippen LogP contribution in [-0.4, -0.2) is 8.42 Å². The number of halogens is 2. The first-order valence-electron chi connectivity index (χ1n) is 6.23. The van der Waals surface area contributed by atoms with Crippen molar-refractivity contribution in [1.82, 2.24) is 0 Å². The van der Waals surface area contributed by atoms with Crippen molar-refractivity contribution >= 4 is 47.8 Å². The molecule has 0 aliphatic carbocycles. The Labute approximate surface area is 146 Å². The molecule has 6 heteroatoms. The number of nitriles is 1. The highest BCUT2D eigenvalue weighted by atomic mass is 79.9. The number of aryl methyl sites for hydroxylation is 1. The molecule has 112 valence electrons. The Balaban J connectivity index is 2.57. The second-order valence-corrected chi connectivity index (χ2v) is 8.27. The molecule has 0 bridgehead atoms. The molecule has 0 radical (unpaired) electrons. The van der Waals surface area contributed by atoms with Crippen molar-refractivity contribution in [2.24, 2.45) is 0 Å². The highest BCUT2D eigenvalue weighted by Crippen LogP contribution is 2.30. The summed E-state index contributed by atoms with van der Waals surface area (Å²) >= 11 is 6.47. The van der Waals surface area contributed by atoms with Crippen LogP contribution in [0.1, 0.15) is 11.1 Å². The summed E-state index contributed by atoms with van der Waals surface area (Å²) in [6.07, 6.45) is 1.38. The van der Waals surface area contributed by atoms with Gasteiger partial charge in [-0.15, -0.1) is 0 Å². The molecule has 0 heterocycles. The number of hydrogen-bond acceptors (Lipinski definition) is 3. The zero-order valence-corrected chi connectivity index (χ0v) is 15.5. The highest BCUT2D eigenvalue weighted by molar-refractivity contribution is 9.11. The lowest BCUT2D eigenvalue weighted by atomic mass is 10.1. The van der Waals surface area contributed by atoms with Crippen molar-refractivity contribution in [2.45, 2.75) is 11.8 Å². The molecule has 0 N–H and O–H groups in total. The molecule has 2 rings (SSSR count). The van der Waals surface area contributed by atoms with Gasteiger partial charge in [-0.1, -0.05) is 45.8 Å². The molecule has 0 aliphatic heterocycles. The van der Waals surface area contributed by atoms with E-state index < -0.39 is 9.84 Å². The fraction of sp³-hybridized carbons (Fsp3) is 0.0625. The summed E-state index contributed by atoms with van der Waals surface area (Å²) in [5, 5.41) is 9.27. The Morgan fingerprint density at radius 2 is 1.77 bits per heavy atom. The first-order valence-corrected chi connectivity index (χ1v) is 9.30. The topological polar surface area (TPSA) is 57.9 Å². The lowest BCUT2D eigenvalue weighted by molar-refractivity contribution is 0.603. The number of sulfone groups is 1. The molecule has 0 amide bonds. The van der Waals surface area contributed by atoms with Gasteiger partial charge in [-0.3, -0.25) is 0 Å². The van der Waals surface area contributed by atoms with Crippen LogP contribution in [0.5, 0.6) is 0 Å². The van der Waals surface area contributed by atoms with E-state index >= 15 is 0 Å². The fourth-order valence-electron chi connectivity index (χ4n) is 1.79. The third-order valence-corrected chi connectivity index (χ3v) is 6.11. The van der Waals surface area contributed by atoms with Crippen molar-refractivity contribution in [3.8, 4) is 6.07 Å². The van der Waals surface area contributed by atoms with E-state index in [1.165, 1.54) is 12.1 Å². The first-order chi connectivity index (χ1) is 10.3. The number of benzene rings is 2. The summed E-state index contributed by atoms with van der Waals surface area (Å²) in [7, 11) is -3.89.